The molecule has 17 nitrogen and oxygen atoms in total. The van der Waals surface area contributed by atoms with Crippen LogP contribution in [0.1, 0.15) is 330 Å². The molecule has 84 heavy (non-hydrogen) atoms. The highest BCUT2D eigenvalue weighted by molar-refractivity contribution is 7.47. The van der Waals surface area contributed by atoms with Gasteiger partial charge in [0.15, 0.2) is 12.2 Å². The molecule has 0 heterocycles. The summed E-state index contributed by atoms with van der Waals surface area (Å²) in [4.78, 5) is 71.8. The zero-order valence-corrected chi connectivity index (χ0v) is 55.8. The van der Waals surface area contributed by atoms with Crippen LogP contribution in [0.15, 0.2) is 0 Å². The molecule has 0 spiro atoms. The average Bonchev–Trinajstić information content (AvgIpc) is 3.59. The molecule has 0 radical (unpaired) electrons. The van der Waals surface area contributed by atoms with Crippen molar-refractivity contribution in [3.63, 3.8) is 0 Å². The summed E-state index contributed by atoms with van der Waals surface area (Å²) in [5.74, 6) is -1.28. The standard InChI is InChI=1S/C65H126O17P2/c1-6-10-13-16-18-19-31-35-39-44-49-63(68)76-55-61(82-65(70)51-46-41-36-32-29-27-25-23-21-20-22-24-26-28-30-34-38-42-47-58(5)9-4)57-80-84(73,74)78-53-59(66)52-77-83(71,72)79-56-60(54-75-62(67)48-43-37-15-12-8-3)81-64(69)50-45-40-33-17-14-11-7-2/h58-61,66H,6-57H2,1-5H3,(H,71,72)(H,73,74)/t58?,59-,60+,61+/m0/s1. The van der Waals surface area contributed by atoms with Gasteiger partial charge in [-0.3, -0.25) is 37.3 Å². The lowest BCUT2D eigenvalue weighted by Crippen LogP contribution is -2.30. The molecular weight excluding hydrogens is 1110 g/mol. The van der Waals surface area contributed by atoms with Crippen LogP contribution in [0, 0.1) is 5.92 Å². The Morgan fingerprint density at radius 3 is 0.845 bits per heavy atom. The van der Waals surface area contributed by atoms with Gasteiger partial charge in [-0.25, -0.2) is 9.13 Å². The van der Waals surface area contributed by atoms with Crippen LogP contribution in [0.2, 0.25) is 0 Å². The number of unbranched alkanes of at least 4 members (excludes halogenated alkanes) is 36. The highest BCUT2D eigenvalue weighted by atomic mass is 31.2. The number of phosphoric ester groups is 2. The molecule has 0 saturated carbocycles. The van der Waals surface area contributed by atoms with Crippen LogP contribution in [-0.4, -0.2) is 96.7 Å². The van der Waals surface area contributed by atoms with Gasteiger partial charge >= 0.3 is 39.5 Å². The quantitative estimate of drug-likeness (QED) is 0.0222. The highest BCUT2D eigenvalue weighted by Gasteiger charge is 2.30. The molecule has 0 aliphatic heterocycles. The fraction of sp³-hybridized carbons (Fsp3) is 0.938. The second kappa shape index (κ2) is 58.7. The fourth-order valence-electron chi connectivity index (χ4n) is 9.73. The molecule has 0 aromatic rings. The van der Waals surface area contributed by atoms with Gasteiger partial charge in [0.2, 0.25) is 0 Å². The number of hydrogen-bond donors (Lipinski definition) is 3. The molecule has 3 N–H and O–H groups in total. The maximum atomic E-state index is 13.0. The van der Waals surface area contributed by atoms with Crippen LogP contribution >= 0.6 is 15.6 Å². The molecule has 3 unspecified atom stereocenters. The van der Waals surface area contributed by atoms with Crippen LogP contribution < -0.4 is 0 Å². The SMILES string of the molecule is CCCCCCCCCCCCC(=O)OC[C@H](COP(=O)(O)OC[C@@H](O)COP(=O)(O)OC[C@@H](COC(=O)CCCCCCC)OC(=O)CCCCCCCCC)OC(=O)CCCCCCCCCCCCCCCCCCCCC(C)CC. The van der Waals surface area contributed by atoms with Gasteiger partial charge in [0.25, 0.3) is 0 Å². The zero-order valence-electron chi connectivity index (χ0n) is 54.0. The van der Waals surface area contributed by atoms with Gasteiger partial charge < -0.3 is 33.8 Å². The van der Waals surface area contributed by atoms with Crippen molar-refractivity contribution in [2.75, 3.05) is 39.6 Å². The monoisotopic (exact) mass is 1240 g/mol. The van der Waals surface area contributed by atoms with Gasteiger partial charge in [-0.2, -0.15) is 0 Å². The number of carbonyl (C=O) groups excluding carboxylic acids is 4. The first-order valence-electron chi connectivity index (χ1n) is 34.2. The summed E-state index contributed by atoms with van der Waals surface area (Å²) < 4.78 is 67.7. The van der Waals surface area contributed by atoms with Crippen LogP contribution in [0.5, 0.6) is 0 Å². The Kier molecular flexibility index (Phi) is 57.4. The van der Waals surface area contributed by atoms with Gasteiger partial charge in [-0.05, 0) is 31.6 Å². The highest BCUT2D eigenvalue weighted by Crippen LogP contribution is 2.45. The summed E-state index contributed by atoms with van der Waals surface area (Å²) in [5.41, 5.74) is 0. The predicted molar refractivity (Wildman–Crippen MR) is 335 cm³/mol. The van der Waals surface area contributed by atoms with Crippen LogP contribution in [0.4, 0.5) is 0 Å². The van der Waals surface area contributed by atoms with E-state index in [9.17, 15) is 43.2 Å². The minimum atomic E-state index is -4.94. The predicted octanol–water partition coefficient (Wildman–Crippen LogP) is 18.2. The van der Waals surface area contributed by atoms with Gasteiger partial charge in [-0.15, -0.1) is 0 Å². The first kappa shape index (κ1) is 82.1. The number of ether oxygens (including phenoxy) is 4. The molecule has 0 fully saturated rings. The summed E-state index contributed by atoms with van der Waals surface area (Å²) in [7, 11) is -9.87. The van der Waals surface area contributed by atoms with E-state index in [1.54, 1.807) is 0 Å². The molecule has 498 valence electrons. The van der Waals surface area contributed by atoms with Gasteiger partial charge in [0.05, 0.1) is 26.4 Å². The van der Waals surface area contributed by atoms with Crippen molar-refractivity contribution in [2.24, 2.45) is 5.92 Å². The number of aliphatic hydroxyl groups is 1. The van der Waals surface area contributed by atoms with E-state index in [-0.39, 0.29) is 25.7 Å². The summed E-state index contributed by atoms with van der Waals surface area (Å²) in [5, 5.41) is 10.5. The van der Waals surface area contributed by atoms with Gasteiger partial charge in [0, 0.05) is 25.7 Å². The van der Waals surface area contributed by atoms with E-state index in [4.69, 9.17) is 37.0 Å². The van der Waals surface area contributed by atoms with E-state index in [0.717, 1.165) is 115 Å². The van der Waals surface area contributed by atoms with Gasteiger partial charge in [0.1, 0.15) is 19.3 Å². The Labute approximate surface area is 511 Å². The number of hydrogen-bond acceptors (Lipinski definition) is 15. The first-order valence-corrected chi connectivity index (χ1v) is 37.2. The molecule has 0 aliphatic carbocycles. The van der Waals surface area contributed by atoms with Crippen LogP contribution in [0.3, 0.4) is 0 Å². The maximum absolute atomic E-state index is 13.0. The zero-order chi connectivity index (χ0) is 62.0. The van der Waals surface area contributed by atoms with Crippen molar-refractivity contribution in [1.29, 1.82) is 0 Å². The van der Waals surface area contributed by atoms with E-state index < -0.39 is 97.5 Å². The number of esters is 4. The molecule has 0 aromatic heterocycles. The molecule has 6 atom stereocenters. The topological polar surface area (TPSA) is 237 Å². The molecule has 0 saturated heterocycles. The van der Waals surface area contributed by atoms with Crippen molar-refractivity contribution < 1.29 is 80.2 Å². The van der Waals surface area contributed by atoms with E-state index in [0.29, 0.717) is 25.7 Å². The molecule has 19 heteroatoms. The normalized spacial score (nSPS) is 14.5. The van der Waals surface area contributed by atoms with Crippen LogP contribution in [0.25, 0.3) is 0 Å². The fourth-order valence-corrected chi connectivity index (χ4v) is 11.3. The van der Waals surface area contributed by atoms with E-state index in [1.165, 1.54) is 135 Å². The number of phosphoric acid groups is 2. The molecule has 0 bridgehead atoms. The Bertz CT molecular complexity index is 1640. The largest absolute Gasteiger partial charge is 0.472 e. The van der Waals surface area contributed by atoms with Crippen LogP contribution in [-0.2, 0) is 65.4 Å². The first-order chi connectivity index (χ1) is 40.6. The third-order valence-corrected chi connectivity index (χ3v) is 17.3. The minimum absolute atomic E-state index is 0.103. The van der Waals surface area contributed by atoms with Crippen molar-refractivity contribution in [1.82, 2.24) is 0 Å². The lowest BCUT2D eigenvalue weighted by atomic mass is 9.99. The third kappa shape index (κ3) is 57.8. The molecule has 0 amide bonds. The summed E-state index contributed by atoms with van der Waals surface area (Å²) in [6, 6.07) is 0. The Balaban J connectivity index is 5.02. The second-order valence-corrected chi connectivity index (χ2v) is 26.7. The molecular formula is C65H126O17P2. The van der Waals surface area contributed by atoms with Crippen molar-refractivity contribution in [3.8, 4) is 0 Å². The second-order valence-electron chi connectivity index (χ2n) is 23.7. The Hall–Kier alpha value is -1.94. The van der Waals surface area contributed by atoms with Crippen molar-refractivity contribution in [2.45, 2.75) is 348 Å². The van der Waals surface area contributed by atoms with E-state index in [2.05, 4.69) is 34.6 Å². The van der Waals surface area contributed by atoms with Gasteiger partial charge in [-0.1, -0.05) is 279 Å². The van der Waals surface area contributed by atoms with E-state index >= 15 is 0 Å². The number of aliphatic hydroxyl groups excluding tert-OH is 1. The van der Waals surface area contributed by atoms with Crippen molar-refractivity contribution in [3.05, 3.63) is 0 Å². The maximum Gasteiger partial charge on any atom is 0.472 e. The molecule has 0 rings (SSSR count). The minimum Gasteiger partial charge on any atom is -0.462 e. The molecule has 0 aliphatic rings. The Morgan fingerprint density at radius 2 is 0.571 bits per heavy atom. The number of rotatable bonds is 65. The third-order valence-electron chi connectivity index (χ3n) is 15.4. The average molecular weight is 1240 g/mol. The summed E-state index contributed by atoms with van der Waals surface area (Å²) in [6.45, 7) is 7.12. The molecule has 0 aromatic carbocycles. The number of carbonyl (C=O) groups is 4. The summed E-state index contributed by atoms with van der Waals surface area (Å²) in [6.07, 6.45) is 43.7. The smallest absolute Gasteiger partial charge is 0.462 e. The lowest BCUT2D eigenvalue weighted by molar-refractivity contribution is -0.161. The Morgan fingerprint density at radius 1 is 0.333 bits per heavy atom. The summed E-state index contributed by atoms with van der Waals surface area (Å²) >= 11 is 0. The van der Waals surface area contributed by atoms with Crippen molar-refractivity contribution >= 4 is 39.5 Å². The lowest BCUT2D eigenvalue weighted by Gasteiger charge is -2.21. The van der Waals surface area contributed by atoms with E-state index in [1.807, 2.05) is 0 Å².